The van der Waals surface area contributed by atoms with Crippen molar-refractivity contribution < 1.29 is 18.8 Å². The van der Waals surface area contributed by atoms with E-state index in [4.69, 9.17) is 4.74 Å². The Morgan fingerprint density at radius 3 is 3.00 bits per heavy atom. The number of pyridine rings is 1. The molecule has 2 aromatic rings. The first-order valence-corrected chi connectivity index (χ1v) is 6.74. The molecule has 0 spiro atoms. The van der Waals surface area contributed by atoms with E-state index >= 15 is 0 Å². The van der Waals surface area contributed by atoms with E-state index in [9.17, 15) is 19.3 Å². The number of nitro groups is 1. The lowest BCUT2D eigenvalue weighted by Crippen LogP contribution is -2.12. The lowest BCUT2D eigenvalue weighted by Gasteiger charge is -2.06. The van der Waals surface area contributed by atoms with Gasteiger partial charge in [-0.1, -0.05) is 0 Å². The molecule has 9 nitrogen and oxygen atoms in total. The maximum Gasteiger partial charge on any atom is 0.358 e. The van der Waals surface area contributed by atoms with Gasteiger partial charge in [-0.15, -0.1) is 0 Å². The second kappa shape index (κ2) is 7.29. The Labute approximate surface area is 130 Å². The fourth-order valence-electron chi connectivity index (χ4n) is 1.80. The number of nitrogens with zero attached hydrogens (tertiary/aromatic N) is 4. The minimum atomic E-state index is -0.782. The molecular weight excluding hydrogens is 309 g/mol. The molecule has 2 heterocycles. The fourth-order valence-corrected chi connectivity index (χ4v) is 1.80. The van der Waals surface area contributed by atoms with Crippen LogP contribution in [-0.4, -0.2) is 38.6 Å². The van der Waals surface area contributed by atoms with Crippen LogP contribution in [0.4, 0.5) is 15.9 Å². The second-order valence-corrected chi connectivity index (χ2v) is 4.42. The number of nitrogens with one attached hydrogen (secondary N) is 1. The average Bonchev–Trinajstić information content (AvgIpc) is 2.98. The van der Waals surface area contributed by atoms with Gasteiger partial charge in [0.2, 0.25) is 5.82 Å². The summed E-state index contributed by atoms with van der Waals surface area (Å²) >= 11 is 0. The highest BCUT2D eigenvalue weighted by atomic mass is 19.1. The molecule has 0 atom stereocenters. The van der Waals surface area contributed by atoms with E-state index < -0.39 is 22.4 Å². The number of carbonyl (C=O) groups is 1. The summed E-state index contributed by atoms with van der Waals surface area (Å²) in [6.07, 6.45) is 3.85. The van der Waals surface area contributed by atoms with E-state index in [0.29, 0.717) is 6.54 Å². The number of anilines is 1. The number of hydrogen-bond donors (Lipinski definition) is 1. The molecule has 0 saturated heterocycles. The number of rotatable bonds is 7. The predicted octanol–water partition coefficient (Wildman–Crippen LogP) is 1.61. The lowest BCUT2D eigenvalue weighted by atomic mass is 10.4. The lowest BCUT2D eigenvalue weighted by molar-refractivity contribution is -0.384. The monoisotopic (exact) mass is 323 g/mol. The zero-order valence-corrected chi connectivity index (χ0v) is 12.2. The number of hydrogen-bond acceptors (Lipinski definition) is 7. The van der Waals surface area contributed by atoms with Gasteiger partial charge in [0, 0.05) is 19.3 Å². The number of ether oxygens (including phenoxy) is 1. The summed E-state index contributed by atoms with van der Waals surface area (Å²) in [6.45, 7) is 2.61. The normalized spacial score (nSPS) is 10.3. The average molecular weight is 323 g/mol. The van der Waals surface area contributed by atoms with Crippen molar-refractivity contribution in [1.29, 1.82) is 0 Å². The molecule has 0 aliphatic carbocycles. The van der Waals surface area contributed by atoms with Crippen LogP contribution in [0.5, 0.6) is 0 Å². The quantitative estimate of drug-likeness (QED) is 0.468. The smallest absolute Gasteiger partial charge is 0.358 e. The first kappa shape index (κ1) is 16.3. The zero-order chi connectivity index (χ0) is 16.8. The topological polar surface area (TPSA) is 112 Å². The molecule has 0 aliphatic rings. The summed E-state index contributed by atoms with van der Waals surface area (Å²) < 4.78 is 19.4. The van der Waals surface area contributed by atoms with Gasteiger partial charge in [0.25, 0.3) is 0 Å². The minimum Gasteiger partial charge on any atom is -0.461 e. The van der Waals surface area contributed by atoms with Gasteiger partial charge in [-0.3, -0.25) is 10.1 Å². The van der Waals surface area contributed by atoms with Gasteiger partial charge in [-0.2, -0.15) is 0 Å². The van der Waals surface area contributed by atoms with Crippen molar-refractivity contribution in [3.63, 3.8) is 0 Å². The van der Waals surface area contributed by atoms with Crippen LogP contribution in [0.3, 0.4) is 0 Å². The minimum absolute atomic E-state index is 0.0258. The molecule has 0 bridgehead atoms. The highest BCUT2D eigenvalue weighted by Crippen LogP contribution is 2.21. The Kier molecular flexibility index (Phi) is 5.18. The zero-order valence-electron chi connectivity index (χ0n) is 12.2. The third-order valence-corrected chi connectivity index (χ3v) is 2.81. The molecule has 0 unspecified atom stereocenters. The molecule has 0 aromatic carbocycles. The molecular formula is C13H14FN5O4. The van der Waals surface area contributed by atoms with Crippen molar-refractivity contribution in [2.45, 2.75) is 13.5 Å². The highest BCUT2D eigenvalue weighted by Gasteiger charge is 2.16. The van der Waals surface area contributed by atoms with Gasteiger partial charge in [0.05, 0.1) is 30.1 Å². The van der Waals surface area contributed by atoms with Gasteiger partial charge in [0.15, 0.2) is 5.69 Å². The second-order valence-electron chi connectivity index (χ2n) is 4.42. The van der Waals surface area contributed by atoms with Crippen molar-refractivity contribution >= 4 is 17.5 Å². The van der Waals surface area contributed by atoms with E-state index in [-0.39, 0.29) is 24.7 Å². The largest absolute Gasteiger partial charge is 0.461 e. The molecule has 0 amide bonds. The molecule has 0 saturated carbocycles. The highest BCUT2D eigenvalue weighted by molar-refractivity contribution is 5.86. The summed E-state index contributed by atoms with van der Waals surface area (Å²) in [5.74, 6) is -1.33. The summed E-state index contributed by atoms with van der Waals surface area (Å²) in [5.41, 5.74) is -0.263. The maximum atomic E-state index is 13.0. The van der Waals surface area contributed by atoms with Gasteiger partial charge in [-0.25, -0.2) is 19.2 Å². The van der Waals surface area contributed by atoms with Crippen LogP contribution in [0, 0.1) is 15.9 Å². The van der Waals surface area contributed by atoms with E-state index in [1.54, 1.807) is 11.5 Å². The van der Waals surface area contributed by atoms with Crippen molar-refractivity contribution in [1.82, 2.24) is 14.5 Å². The summed E-state index contributed by atoms with van der Waals surface area (Å²) in [4.78, 5) is 29.2. The van der Waals surface area contributed by atoms with E-state index in [2.05, 4.69) is 15.3 Å². The Morgan fingerprint density at radius 2 is 2.30 bits per heavy atom. The standard InChI is InChI=1S/C13H14FN5O4/c1-2-23-13(20)10-7-18(8-17-10)4-3-15-12-11(19(21)22)5-9(14)6-16-12/h5-8H,2-4H2,1H3,(H,15,16). The van der Waals surface area contributed by atoms with Gasteiger partial charge >= 0.3 is 11.7 Å². The van der Waals surface area contributed by atoms with Crippen molar-refractivity contribution in [3.8, 4) is 0 Å². The van der Waals surface area contributed by atoms with E-state index in [0.717, 1.165) is 12.3 Å². The summed E-state index contributed by atoms with van der Waals surface area (Å²) in [5, 5.41) is 13.6. The van der Waals surface area contributed by atoms with Crippen LogP contribution in [0.2, 0.25) is 0 Å². The molecule has 0 fully saturated rings. The number of esters is 1. The fraction of sp³-hybridized carbons (Fsp3) is 0.308. The van der Waals surface area contributed by atoms with E-state index in [1.807, 2.05) is 0 Å². The number of halogens is 1. The summed E-state index contributed by atoms with van der Waals surface area (Å²) in [7, 11) is 0. The summed E-state index contributed by atoms with van der Waals surface area (Å²) in [6, 6.07) is 0.797. The SMILES string of the molecule is CCOC(=O)c1cn(CCNc2ncc(F)cc2[N+](=O)[O-])cn1. The van der Waals surface area contributed by atoms with Crippen LogP contribution in [-0.2, 0) is 11.3 Å². The first-order valence-electron chi connectivity index (χ1n) is 6.74. The molecule has 1 N–H and O–H groups in total. The van der Waals surface area contributed by atoms with Gasteiger partial charge in [-0.05, 0) is 6.92 Å². The van der Waals surface area contributed by atoms with Gasteiger partial charge < -0.3 is 14.6 Å². The van der Waals surface area contributed by atoms with Crippen molar-refractivity contribution in [3.05, 3.63) is 46.4 Å². The molecule has 10 heteroatoms. The van der Waals surface area contributed by atoms with Crippen LogP contribution >= 0.6 is 0 Å². The van der Waals surface area contributed by atoms with Crippen LogP contribution in [0.1, 0.15) is 17.4 Å². The molecule has 2 aromatic heterocycles. The first-order chi connectivity index (χ1) is 11.0. The molecule has 0 aliphatic heterocycles. The van der Waals surface area contributed by atoms with Crippen molar-refractivity contribution in [2.75, 3.05) is 18.5 Å². The van der Waals surface area contributed by atoms with Crippen molar-refractivity contribution in [2.24, 2.45) is 0 Å². The maximum absolute atomic E-state index is 13.0. The number of aromatic nitrogens is 3. The van der Waals surface area contributed by atoms with Crippen LogP contribution in [0.15, 0.2) is 24.8 Å². The van der Waals surface area contributed by atoms with Gasteiger partial charge in [0.1, 0.15) is 5.82 Å². The number of carbonyl (C=O) groups excluding carboxylic acids is 1. The Bertz CT molecular complexity index is 718. The predicted molar refractivity (Wildman–Crippen MR) is 77.5 cm³/mol. The third kappa shape index (κ3) is 4.22. The Balaban J connectivity index is 1.95. The molecule has 122 valence electrons. The third-order valence-electron chi connectivity index (χ3n) is 2.81. The molecule has 23 heavy (non-hydrogen) atoms. The Morgan fingerprint density at radius 1 is 1.52 bits per heavy atom. The van der Waals surface area contributed by atoms with Crippen LogP contribution < -0.4 is 5.32 Å². The molecule has 0 radical (unpaired) electrons. The number of imidazole rings is 1. The van der Waals surface area contributed by atoms with Crippen LogP contribution in [0.25, 0.3) is 0 Å². The van der Waals surface area contributed by atoms with E-state index in [1.165, 1.54) is 12.5 Å². The Hall–Kier alpha value is -3.04. The molecule has 2 rings (SSSR count).